The van der Waals surface area contributed by atoms with Crippen LogP contribution in [0.4, 0.5) is 0 Å². The van der Waals surface area contributed by atoms with Crippen molar-refractivity contribution in [2.75, 3.05) is 0 Å². The highest BCUT2D eigenvalue weighted by atomic mass is 16.3. The van der Waals surface area contributed by atoms with E-state index in [1.54, 1.807) is 0 Å². The standard InChI is InChI=1S/C72H42O2/c1-3-17-43(18-4-1)47-25-13-31-53-59(47)41-60-48(44-19-5-2-6-20-44)26-14-32-54(60)69(53)70-55-33-15-27-49(51-29-11-21-45-37-39-65-71(67(45)51)57-23-7-9-35-63(57)73-65)61(55)42-62-50(28-16-34-56(62)70)52-30-12-22-46-38-40-66-72(68(46)52)58-24-8-10-36-64(58)74-66/h1-42H. The minimum Gasteiger partial charge on any atom is -0.456 e. The second-order valence-corrected chi connectivity index (χ2v) is 19.7. The molecule has 0 bridgehead atoms. The molecule has 2 heterocycles. The molecule has 16 rings (SSSR count). The Bertz CT molecular complexity index is 4690. The van der Waals surface area contributed by atoms with Gasteiger partial charge >= 0.3 is 0 Å². The average Bonchev–Trinajstić information content (AvgIpc) is 4.08. The lowest BCUT2D eigenvalue weighted by molar-refractivity contribution is 0.669. The number of furan rings is 2. The summed E-state index contributed by atoms with van der Waals surface area (Å²) in [7, 11) is 0. The molecule has 342 valence electrons. The van der Waals surface area contributed by atoms with Crippen molar-refractivity contribution in [2.45, 2.75) is 0 Å². The fourth-order valence-electron chi connectivity index (χ4n) is 12.7. The molecule has 0 fully saturated rings. The molecular weight excluding hydrogens is 897 g/mol. The Morgan fingerprint density at radius 2 is 0.527 bits per heavy atom. The zero-order chi connectivity index (χ0) is 48.4. The Labute approximate surface area is 425 Å². The highest BCUT2D eigenvalue weighted by Crippen LogP contribution is 2.52. The van der Waals surface area contributed by atoms with Crippen LogP contribution in [0.5, 0.6) is 0 Å². The largest absolute Gasteiger partial charge is 0.456 e. The summed E-state index contributed by atoms with van der Waals surface area (Å²) in [5, 5.41) is 18.9. The fraction of sp³-hybridized carbons (Fsp3) is 0. The highest BCUT2D eigenvalue weighted by Gasteiger charge is 2.24. The van der Waals surface area contributed by atoms with Crippen LogP contribution in [0.15, 0.2) is 264 Å². The molecule has 14 aromatic carbocycles. The van der Waals surface area contributed by atoms with Crippen molar-refractivity contribution >= 4 is 109 Å². The van der Waals surface area contributed by atoms with Crippen LogP contribution in [-0.4, -0.2) is 0 Å². The third kappa shape index (κ3) is 5.94. The van der Waals surface area contributed by atoms with E-state index in [0.29, 0.717) is 0 Å². The first kappa shape index (κ1) is 40.9. The van der Waals surface area contributed by atoms with Crippen molar-refractivity contribution in [1.29, 1.82) is 0 Å². The summed E-state index contributed by atoms with van der Waals surface area (Å²) < 4.78 is 13.2. The minimum absolute atomic E-state index is 0.888. The summed E-state index contributed by atoms with van der Waals surface area (Å²) in [4.78, 5) is 0. The molecule has 0 N–H and O–H groups in total. The van der Waals surface area contributed by atoms with E-state index in [4.69, 9.17) is 8.83 Å². The third-order valence-electron chi connectivity index (χ3n) is 15.8. The molecule has 0 radical (unpaired) electrons. The van der Waals surface area contributed by atoms with Gasteiger partial charge in [-0.25, -0.2) is 0 Å². The summed E-state index contributed by atoms with van der Waals surface area (Å²) in [5.74, 6) is 0. The molecule has 0 amide bonds. The van der Waals surface area contributed by atoms with E-state index in [-0.39, 0.29) is 0 Å². The summed E-state index contributed by atoms with van der Waals surface area (Å²) in [6, 6.07) is 93.5. The molecule has 0 aliphatic carbocycles. The van der Waals surface area contributed by atoms with Crippen LogP contribution in [0.2, 0.25) is 0 Å². The molecule has 16 aromatic rings. The summed E-state index contributed by atoms with van der Waals surface area (Å²) in [5.41, 5.74) is 15.5. The highest BCUT2D eigenvalue weighted by molar-refractivity contribution is 6.31. The van der Waals surface area contributed by atoms with E-state index >= 15 is 0 Å². The number of para-hydroxylation sites is 2. The second-order valence-electron chi connectivity index (χ2n) is 19.7. The summed E-state index contributed by atoms with van der Waals surface area (Å²) >= 11 is 0. The molecule has 2 heteroatoms. The summed E-state index contributed by atoms with van der Waals surface area (Å²) in [6.07, 6.45) is 0. The van der Waals surface area contributed by atoms with Crippen LogP contribution < -0.4 is 0 Å². The second kappa shape index (κ2) is 15.9. The number of hydrogen-bond donors (Lipinski definition) is 0. The first-order valence-corrected chi connectivity index (χ1v) is 25.5. The molecular formula is C72H42O2. The van der Waals surface area contributed by atoms with Crippen LogP contribution in [0.3, 0.4) is 0 Å². The zero-order valence-electron chi connectivity index (χ0n) is 40.1. The molecule has 2 aromatic heterocycles. The van der Waals surface area contributed by atoms with E-state index in [9.17, 15) is 0 Å². The van der Waals surface area contributed by atoms with Gasteiger partial charge in [0.2, 0.25) is 0 Å². The number of benzene rings is 14. The number of rotatable bonds is 5. The van der Waals surface area contributed by atoms with E-state index < -0.39 is 0 Å². The maximum atomic E-state index is 6.58. The third-order valence-corrected chi connectivity index (χ3v) is 15.8. The van der Waals surface area contributed by atoms with Crippen molar-refractivity contribution in [3.63, 3.8) is 0 Å². The van der Waals surface area contributed by atoms with Gasteiger partial charge in [-0.3, -0.25) is 0 Å². The van der Waals surface area contributed by atoms with Gasteiger partial charge in [0.25, 0.3) is 0 Å². The van der Waals surface area contributed by atoms with Crippen molar-refractivity contribution < 1.29 is 8.83 Å². The lowest BCUT2D eigenvalue weighted by atomic mass is 9.81. The van der Waals surface area contributed by atoms with Crippen molar-refractivity contribution in [3.8, 4) is 55.6 Å². The van der Waals surface area contributed by atoms with Gasteiger partial charge in [0.15, 0.2) is 0 Å². The Morgan fingerprint density at radius 1 is 0.189 bits per heavy atom. The molecule has 2 nitrogen and oxygen atoms in total. The number of hydrogen-bond acceptors (Lipinski definition) is 2. The molecule has 0 aliphatic heterocycles. The Morgan fingerprint density at radius 3 is 0.959 bits per heavy atom. The van der Waals surface area contributed by atoms with Crippen LogP contribution in [0.25, 0.3) is 164 Å². The van der Waals surface area contributed by atoms with E-state index in [1.165, 1.54) is 120 Å². The normalized spacial score (nSPS) is 12.1. The smallest absolute Gasteiger partial charge is 0.136 e. The van der Waals surface area contributed by atoms with Gasteiger partial charge < -0.3 is 8.83 Å². The van der Waals surface area contributed by atoms with Crippen molar-refractivity contribution in [3.05, 3.63) is 255 Å². The van der Waals surface area contributed by atoms with E-state index in [2.05, 4.69) is 255 Å². The van der Waals surface area contributed by atoms with Crippen LogP contribution >= 0.6 is 0 Å². The van der Waals surface area contributed by atoms with Gasteiger partial charge in [0, 0.05) is 32.3 Å². The predicted molar refractivity (Wildman–Crippen MR) is 313 cm³/mol. The Kier molecular flexibility index (Phi) is 8.78. The quantitative estimate of drug-likeness (QED) is 0.161. The average molecular weight is 939 g/mol. The van der Waals surface area contributed by atoms with Crippen molar-refractivity contribution in [2.24, 2.45) is 0 Å². The SMILES string of the molecule is c1ccc(-c2cccc3c(-c4c5cccc(-c6cccc7ccc8oc9ccccc9c8c67)c5cc5c(-c6cccc7ccc8oc9ccccc9c8c67)cccc45)c4cccc(-c5ccccc5)c4cc23)cc1. The van der Waals surface area contributed by atoms with Crippen LogP contribution in [0, 0.1) is 0 Å². The lowest BCUT2D eigenvalue weighted by Crippen LogP contribution is -1.95. The molecule has 0 saturated heterocycles. The first-order valence-electron chi connectivity index (χ1n) is 25.5. The van der Waals surface area contributed by atoms with E-state index in [1.807, 2.05) is 0 Å². The topological polar surface area (TPSA) is 26.3 Å². The molecule has 0 aliphatic rings. The molecule has 0 saturated carbocycles. The predicted octanol–water partition coefficient (Wildman–Crippen LogP) is 20.7. The minimum atomic E-state index is 0.888. The first-order chi connectivity index (χ1) is 36.7. The molecule has 0 atom stereocenters. The monoisotopic (exact) mass is 938 g/mol. The van der Waals surface area contributed by atoms with Crippen LogP contribution in [-0.2, 0) is 0 Å². The van der Waals surface area contributed by atoms with Gasteiger partial charge in [-0.2, -0.15) is 0 Å². The maximum absolute atomic E-state index is 6.58. The lowest BCUT2D eigenvalue weighted by Gasteiger charge is -2.22. The summed E-state index contributed by atoms with van der Waals surface area (Å²) in [6.45, 7) is 0. The molecule has 0 unspecified atom stereocenters. The Hall–Kier alpha value is -9.76. The molecule has 74 heavy (non-hydrogen) atoms. The van der Waals surface area contributed by atoms with Gasteiger partial charge in [0.1, 0.15) is 22.3 Å². The van der Waals surface area contributed by atoms with Crippen molar-refractivity contribution in [1.82, 2.24) is 0 Å². The maximum Gasteiger partial charge on any atom is 0.136 e. The van der Waals surface area contributed by atoms with Gasteiger partial charge in [-0.15, -0.1) is 0 Å². The van der Waals surface area contributed by atoms with E-state index in [0.717, 1.165) is 43.9 Å². The molecule has 0 spiro atoms. The van der Waals surface area contributed by atoms with Gasteiger partial charge in [-0.05, 0) is 146 Å². The van der Waals surface area contributed by atoms with Gasteiger partial charge in [0.05, 0.1) is 0 Å². The van der Waals surface area contributed by atoms with Gasteiger partial charge in [-0.1, -0.05) is 218 Å². The number of fused-ring (bicyclic) bond motifs is 14. The Balaban J connectivity index is 1.11. The fourth-order valence-corrected chi connectivity index (χ4v) is 12.7. The van der Waals surface area contributed by atoms with Crippen LogP contribution in [0.1, 0.15) is 0 Å². The zero-order valence-corrected chi connectivity index (χ0v) is 40.1.